The van der Waals surface area contributed by atoms with Gasteiger partial charge in [0.15, 0.2) is 0 Å². The number of hydrogen-bond acceptors (Lipinski definition) is 5. The molecule has 1 aromatic carbocycles. The van der Waals surface area contributed by atoms with E-state index in [1.165, 1.54) is 29.7 Å². The Morgan fingerprint density at radius 1 is 1.09 bits per heavy atom. The average molecular weight is 484 g/mol. The maximum Gasteiger partial charge on any atom is 0.137 e. The number of nitrogens with zero attached hydrogens (tertiary/aromatic N) is 3. The average Bonchev–Trinajstić information content (AvgIpc) is 3.58. The highest BCUT2D eigenvalue weighted by molar-refractivity contribution is 7.99. The van der Waals surface area contributed by atoms with E-state index in [0.29, 0.717) is 5.92 Å². The second kappa shape index (κ2) is 9.18. The van der Waals surface area contributed by atoms with Crippen molar-refractivity contribution in [2.75, 3.05) is 12.8 Å². The number of rotatable bonds is 6. The Labute approximate surface area is 206 Å². The molecule has 2 aromatic rings. The Bertz CT molecular complexity index is 962. The Morgan fingerprint density at radius 3 is 2.45 bits per heavy atom. The summed E-state index contributed by atoms with van der Waals surface area (Å²) >= 11 is 0.808. The first-order valence-electron chi connectivity index (χ1n) is 12.4. The summed E-state index contributed by atoms with van der Waals surface area (Å²) in [6.45, 7) is 6.24. The zero-order valence-electron chi connectivity index (χ0n) is 20.4. The first kappa shape index (κ1) is 23.7. The third kappa shape index (κ3) is 4.86. The van der Waals surface area contributed by atoms with Crippen LogP contribution in [0.25, 0.3) is 0 Å². The Kier molecular flexibility index (Phi) is 6.58. The normalized spacial score (nSPS) is 28.3. The van der Waals surface area contributed by atoms with Gasteiger partial charge in [-0.15, -0.1) is 16.1 Å². The molecule has 178 valence electrons. The molecule has 33 heavy (non-hydrogen) atoms. The SMILES string of the molecule is CN(C1c2ccccc2C[C@]12CC[C@@H](c1cnc(SCC3CC3)cn1)CC2)[S+]([O-])C(C)(C)C. The minimum absolute atomic E-state index is 0.156. The summed E-state index contributed by atoms with van der Waals surface area (Å²) in [5.41, 5.74) is 4.13. The molecule has 0 amide bonds. The number of aromatic nitrogens is 2. The summed E-state index contributed by atoms with van der Waals surface area (Å²) in [7, 11) is 2.07. The zero-order valence-corrected chi connectivity index (χ0v) is 22.1. The van der Waals surface area contributed by atoms with Crippen LogP contribution in [0.1, 0.15) is 88.1 Å². The fourth-order valence-electron chi connectivity index (χ4n) is 5.91. The van der Waals surface area contributed by atoms with Gasteiger partial charge in [0.25, 0.3) is 0 Å². The highest BCUT2D eigenvalue weighted by Gasteiger charge is 2.53. The van der Waals surface area contributed by atoms with Crippen LogP contribution in [0.5, 0.6) is 0 Å². The number of fused-ring (bicyclic) bond motifs is 1. The second-order valence-electron chi connectivity index (χ2n) is 11.4. The molecule has 0 saturated heterocycles. The summed E-state index contributed by atoms with van der Waals surface area (Å²) < 4.78 is 15.3. The summed E-state index contributed by atoms with van der Waals surface area (Å²) in [6.07, 6.45) is 12.4. The lowest BCUT2D eigenvalue weighted by Gasteiger charge is -2.45. The maximum atomic E-state index is 13.4. The van der Waals surface area contributed by atoms with Gasteiger partial charge in [0.05, 0.1) is 17.9 Å². The predicted octanol–water partition coefficient (Wildman–Crippen LogP) is 6.31. The van der Waals surface area contributed by atoms with Gasteiger partial charge in [0.2, 0.25) is 0 Å². The van der Waals surface area contributed by atoms with Crippen molar-refractivity contribution in [2.45, 2.75) is 87.4 Å². The van der Waals surface area contributed by atoms with E-state index in [2.05, 4.69) is 56.4 Å². The molecule has 2 fully saturated rings. The molecule has 0 N–H and O–H groups in total. The van der Waals surface area contributed by atoms with Gasteiger partial charge in [-0.2, -0.15) is 0 Å². The molecular weight excluding hydrogens is 446 g/mol. The minimum atomic E-state index is -1.05. The molecule has 3 aliphatic rings. The lowest BCUT2D eigenvalue weighted by molar-refractivity contribution is 0.0921. The van der Waals surface area contributed by atoms with E-state index in [0.717, 1.165) is 48.7 Å². The van der Waals surface area contributed by atoms with E-state index in [-0.39, 0.29) is 16.2 Å². The van der Waals surface area contributed by atoms with E-state index >= 15 is 0 Å². The van der Waals surface area contributed by atoms with Crippen LogP contribution >= 0.6 is 11.8 Å². The van der Waals surface area contributed by atoms with Crippen LogP contribution in [0, 0.1) is 11.3 Å². The zero-order chi connectivity index (χ0) is 23.2. The van der Waals surface area contributed by atoms with Gasteiger partial charge >= 0.3 is 0 Å². The largest absolute Gasteiger partial charge is 0.597 e. The lowest BCUT2D eigenvalue weighted by atomic mass is 9.66. The number of thioether (sulfide) groups is 1. The molecule has 1 aromatic heterocycles. The highest BCUT2D eigenvalue weighted by atomic mass is 32.2. The first-order valence-corrected chi connectivity index (χ1v) is 14.5. The van der Waals surface area contributed by atoms with Gasteiger partial charge in [-0.1, -0.05) is 24.3 Å². The van der Waals surface area contributed by atoms with Gasteiger partial charge < -0.3 is 4.55 Å². The molecule has 2 unspecified atom stereocenters. The Hall–Kier alpha value is -1.08. The van der Waals surface area contributed by atoms with Crippen molar-refractivity contribution < 1.29 is 4.55 Å². The number of benzene rings is 1. The fraction of sp³-hybridized carbons (Fsp3) is 0.630. The maximum absolute atomic E-state index is 13.4. The van der Waals surface area contributed by atoms with E-state index in [1.54, 1.807) is 0 Å². The van der Waals surface area contributed by atoms with E-state index in [1.807, 2.05) is 24.2 Å². The monoisotopic (exact) mass is 483 g/mol. The van der Waals surface area contributed by atoms with E-state index in [9.17, 15) is 4.55 Å². The van der Waals surface area contributed by atoms with E-state index < -0.39 is 11.4 Å². The van der Waals surface area contributed by atoms with Crippen LogP contribution in [0.2, 0.25) is 0 Å². The van der Waals surface area contributed by atoms with Crippen LogP contribution < -0.4 is 0 Å². The molecule has 3 aliphatic carbocycles. The third-order valence-corrected chi connectivity index (χ3v) is 10.8. The van der Waals surface area contributed by atoms with Gasteiger partial charge in [-0.05, 0) is 88.2 Å². The summed E-state index contributed by atoms with van der Waals surface area (Å²) in [5, 5.41) is 1.07. The molecule has 2 saturated carbocycles. The molecule has 5 rings (SSSR count). The van der Waals surface area contributed by atoms with Crippen molar-refractivity contribution >= 4 is 23.1 Å². The van der Waals surface area contributed by atoms with Crippen LogP contribution in [0.15, 0.2) is 41.7 Å². The molecule has 1 spiro atoms. The van der Waals surface area contributed by atoms with Crippen LogP contribution in [0.3, 0.4) is 0 Å². The quantitative estimate of drug-likeness (QED) is 0.356. The molecule has 0 bridgehead atoms. The fourth-order valence-corrected chi connectivity index (χ4v) is 8.30. The van der Waals surface area contributed by atoms with Gasteiger partial charge in [0, 0.05) is 36.3 Å². The minimum Gasteiger partial charge on any atom is -0.597 e. The number of hydrogen-bond donors (Lipinski definition) is 0. The van der Waals surface area contributed by atoms with Gasteiger partial charge in [0.1, 0.15) is 9.77 Å². The second-order valence-corrected chi connectivity index (χ2v) is 14.7. The van der Waals surface area contributed by atoms with Crippen molar-refractivity contribution in [2.24, 2.45) is 11.3 Å². The molecule has 0 aliphatic heterocycles. The van der Waals surface area contributed by atoms with Crippen molar-refractivity contribution in [3.05, 3.63) is 53.5 Å². The standard InChI is InChI=1S/C27H37N3OS2/c1-26(2,3)33(31)30(4)25-22-8-6-5-7-21(22)15-27(25)13-11-20(12-14-27)23-16-29-24(17-28-23)32-18-19-9-10-19/h5-8,16-17,19-20,25H,9-15,18H2,1-4H3/t20-,25?,27-,33?. The van der Waals surface area contributed by atoms with Crippen molar-refractivity contribution in [1.82, 2.24) is 14.3 Å². The molecule has 2 atom stereocenters. The predicted molar refractivity (Wildman–Crippen MR) is 138 cm³/mol. The molecule has 0 radical (unpaired) electrons. The summed E-state index contributed by atoms with van der Waals surface area (Å²) in [4.78, 5) is 9.55. The van der Waals surface area contributed by atoms with Crippen LogP contribution in [-0.4, -0.2) is 36.4 Å². The van der Waals surface area contributed by atoms with Crippen LogP contribution in [0.4, 0.5) is 0 Å². The summed E-state index contributed by atoms with van der Waals surface area (Å²) in [5.74, 6) is 2.57. The third-order valence-electron chi connectivity index (χ3n) is 7.83. The lowest BCUT2D eigenvalue weighted by Crippen LogP contribution is -2.47. The molecule has 6 heteroatoms. The topological polar surface area (TPSA) is 52.1 Å². The molecular formula is C27H37N3OS2. The molecule has 1 heterocycles. The first-order chi connectivity index (χ1) is 15.8. The van der Waals surface area contributed by atoms with Crippen molar-refractivity contribution in [3.63, 3.8) is 0 Å². The van der Waals surface area contributed by atoms with Gasteiger partial charge in [-0.3, -0.25) is 4.98 Å². The van der Waals surface area contributed by atoms with Crippen molar-refractivity contribution in [1.29, 1.82) is 0 Å². The van der Waals surface area contributed by atoms with E-state index in [4.69, 9.17) is 9.97 Å². The summed E-state index contributed by atoms with van der Waals surface area (Å²) in [6, 6.07) is 9.05. The van der Waals surface area contributed by atoms with Crippen molar-refractivity contribution in [3.8, 4) is 0 Å². The molecule has 4 nitrogen and oxygen atoms in total. The highest BCUT2D eigenvalue weighted by Crippen LogP contribution is 2.58. The van der Waals surface area contributed by atoms with Crippen LogP contribution in [-0.2, 0) is 17.8 Å². The Morgan fingerprint density at radius 2 is 1.82 bits per heavy atom. The van der Waals surface area contributed by atoms with Gasteiger partial charge in [-0.25, -0.2) is 4.98 Å². The Balaban J connectivity index is 1.31. The smallest absolute Gasteiger partial charge is 0.137 e.